The Kier molecular flexibility index (Phi) is 6.42. The number of hydrogen-bond acceptors (Lipinski definition) is 6. The normalized spacial score (nSPS) is 19.9. The van der Waals surface area contributed by atoms with Crippen molar-refractivity contribution in [1.82, 2.24) is 24.8 Å². The number of hydrogen-bond donors (Lipinski definition) is 0. The van der Waals surface area contributed by atoms with Crippen LogP contribution in [-0.2, 0) is 17.8 Å². The number of aromatic nitrogens is 2. The van der Waals surface area contributed by atoms with Crippen LogP contribution in [0.4, 0.5) is 0 Å². The van der Waals surface area contributed by atoms with Gasteiger partial charge in [0.1, 0.15) is 0 Å². The maximum absolute atomic E-state index is 12.4. The predicted molar refractivity (Wildman–Crippen MR) is 95.0 cm³/mol. The molecule has 140 valence electrons. The van der Waals surface area contributed by atoms with Crippen molar-refractivity contribution >= 4 is 5.91 Å². The zero-order valence-corrected chi connectivity index (χ0v) is 15.6. The Morgan fingerprint density at radius 2 is 1.80 bits per heavy atom. The fourth-order valence-electron chi connectivity index (χ4n) is 3.45. The molecule has 2 fully saturated rings. The molecule has 7 heteroatoms. The fraction of sp³-hybridized carbons (Fsp3) is 0.833. The quantitative estimate of drug-likeness (QED) is 0.741. The van der Waals surface area contributed by atoms with Crippen LogP contribution in [0, 0.1) is 5.92 Å². The topological polar surface area (TPSA) is 65.7 Å². The molecule has 3 heterocycles. The molecule has 0 spiro atoms. The van der Waals surface area contributed by atoms with Crippen LogP contribution in [0.2, 0.25) is 0 Å². The molecule has 0 N–H and O–H groups in total. The third kappa shape index (κ3) is 5.51. The molecule has 2 aliphatic heterocycles. The number of rotatable bonds is 7. The minimum absolute atomic E-state index is 0.273. The van der Waals surface area contributed by atoms with Crippen LogP contribution >= 0.6 is 0 Å². The maximum Gasteiger partial charge on any atom is 0.240 e. The summed E-state index contributed by atoms with van der Waals surface area (Å²) >= 11 is 0. The van der Waals surface area contributed by atoms with Gasteiger partial charge in [0.05, 0.1) is 13.1 Å². The van der Waals surface area contributed by atoms with E-state index in [0.717, 1.165) is 57.9 Å². The third-order valence-corrected chi connectivity index (χ3v) is 5.10. The highest BCUT2D eigenvalue weighted by Gasteiger charge is 2.24. The minimum Gasteiger partial charge on any atom is -0.339 e. The average molecular weight is 349 g/mol. The summed E-state index contributed by atoms with van der Waals surface area (Å²) in [5, 5.41) is 4.07. The zero-order chi connectivity index (χ0) is 17.6. The van der Waals surface area contributed by atoms with Gasteiger partial charge in [-0.1, -0.05) is 19.0 Å². The van der Waals surface area contributed by atoms with Crippen LogP contribution in [0.15, 0.2) is 4.52 Å². The molecule has 0 atom stereocenters. The lowest BCUT2D eigenvalue weighted by atomic mass is 10.1. The Morgan fingerprint density at radius 3 is 2.48 bits per heavy atom. The number of amides is 1. The summed E-state index contributed by atoms with van der Waals surface area (Å²) in [6, 6.07) is 0. The zero-order valence-electron chi connectivity index (χ0n) is 15.6. The molecule has 3 rings (SSSR count). The molecule has 0 saturated carbocycles. The van der Waals surface area contributed by atoms with E-state index in [1.807, 2.05) is 4.90 Å². The SMILES string of the molecule is CC(C)CCc1noc(CN2CCN(C(=O)CN3CCCC3)CC2)n1. The molecular formula is C18H31N5O2. The van der Waals surface area contributed by atoms with Gasteiger partial charge in [-0.05, 0) is 38.3 Å². The molecule has 0 aliphatic carbocycles. The third-order valence-electron chi connectivity index (χ3n) is 5.10. The van der Waals surface area contributed by atoms with Gasteiger partial charge in [0, 0.05) is 32.6 Å². The lowest BCUT2D eigenvalue weighted by molar-refractivity contribution is -0.134. The van der Waals surface area contributed by atoms with E-state index in [0.29, 0.717) is 24.9 Å². The largest absolute Gasteiger partial charge is 0.339 e. The maximum atomic E-state index is 12.4. The highest BCUT2D eigenvalue weighted by Crippen LogP contribution is 2.12. The lowest BCUT2D eigenvalue weighted by Crippen LogP contribution is -2.50. The van der Waals surface area contributed by atoms with Crippen LogP contribution in [-0.4, -0.2) is 76.6 Å². The molecule has 2 saturated heterocycles. The number of carbonyl (C=O) groups is 1. The Balaban J connectivity index is 1.39. The van der Waals surface area contributed by atoms with Gasteiger partial charge in [-0.25, -0.2) is 0 Å². The van der Waals surface area contributed by atoms with Crippen molar-refractivity contribution in [2.24, 2.45) is 5.92 Å². The van der Waals surface area contributed by atoms with Gasteiger partial charge >= 0.3 is 0 Å². The number of nitrogens with zero attached hydrogens (tertiary/aromatic N) is 5. The molecular weight excluding hydrogens is 318 g/mol. The monoisotopic (exact) mass is 349 g/mol. The minimum atomic E-state index is 0.273. The highest BCUT2D eigenvalue weighted by atomic mass is 16.5. The molecule has 0 radical (unpaired) electrons. The van der Waals surface area contributed by atoms with Crippen molar-refractivity contribution in [2.45, 2.75) is 46.1 Å². The van der Waals surface area contributed by atoms with Crippen LogP contribution in [0.1, 0.15) is 44.8 Å². The van der Waals surface area contributed by atoms with Crippen LogP contribution in [0.3, 0.4) is 0 Å². The lowest BCUT2D eigenvalue weighted by Gasteiger charge is -2.34. The van der Waals surface area contributed by atoms with E-state index >= 15 is 0 Å². The predicted octanol–water partition coefficient (Wildman–Crippen LogP) is 1.40. The van der Waals surface area contributed by atoms with Gasteiger partial charge in [-0.3, -0.25) is 14.6 Å². The van der Waals surface area contributed by atoms with E-state index < -0.39 is 0 Å². The molecule has 25 heavy (non-hydrogen) atoms. The Bertz CT molecular complexity index is 545. The van der Waals surface area contributed by atoms with Crippen molar-refractivity contribution in [3.05, 3.63) is 11.7 Å². The second kappa shape index (κ2) is 8.76. The van der Waals surface area contributed by atoms with E-state index in [-0.39, 0.29) is 5.91 Å². The first-order valence-electron chi connectivity index (χ1n) is 9.64. The van der Waals surface area contributed by atoms with Crippen molar-refractivity contribution in [1.29, 1.82) is 0 Å². The first kappa shape index (κ1) is 18.3. The number of aryl methyl sites for hydroxylation is 1. The first-order valence-corrected chi connectivity index (χ1v) is 9.64. The van der Waals surface area contributed by atoms with Gasteiger partial charge < -0.3 is 9.42 Å². The van der Waals surface area contributed by atoms with Crippen molar-refractivity contribution in [3.63, 3.8) is 0 Å². The summed E-state index contributed by atoms with van der Waals surface area (Å²) in [5.41, 5.74) is 0. The molecule has 0 unspecified atom stereocenters. The average Bonchev–Trinajstić information content (AvgIpc) is 3.25. The summed E-state index contributed by atoms with van der Waals surface area (Å²) in [4.78, 5) is 23.4. The van der Waals surface area contributed by atoms with Crippen LogP contribution < -0.4 is 0 Å². The van der Waals surface area contributed by atoms with Gasteiger partial charge in [0.15, 0.2) is 5.82 Å². The van der Waals surface area contributed by atoms with Crippen molar-refractivity contribution in [3.8, 4) is 0 Å². The summed E-state index contributed by atoms with van der Waals surface area (Å²) in [5.74, 6) is 2.42. The molecule has 2 aliphatic rings. The number of carbonyl (C=O) groups excluding carboxylic acids is 1. The molecule has 1 amide bonds. The van der Waals surface area contributed by atoms with Crippen LogP contribution in [0.25, 0.3) is 0 Å². The van der Waals surface area contributed by atoms with Crippen molar-refractivity contribution in [2.75, 3.05) is 45.8 Å². The molecule has 1 aromatic rings. The van der Waals surface area contributed by atoms with Gasteiger partial charge in [0.2, 0.25) is 11.8 Å². The standard InChI is InChI=1S/C18H31N5O2/c1-15(2)5-6-16-19-17(25-20-16)13-22-9-11-23(12-10-22)18(24)14-21-7-3-4-8-21/h15H,3-14H2,1-2H3. The summed E-state index contributed by atoms with van der Waals surface area (Å²) < 4.78 is 5.37. The Hall–Kier alpha value is -1.47. The van der Waals surface area contributed by atoms with E-state index in [2.05, 4.69) is 33.8 Å². The highest BCUT2D eigenvalue weighted by molar-refractivity contribution is 5.78. The molecule has 0 bridgehead atoms. The van der Waals surface area contributed by atoms with E-state index in [1.165, 1.54) is 12.8 Å². The first-order chi connectivity index (χ1) is 12.1. The van der Waals surface area contributed by atoms with E-state index in [4.69, 9.17) is 4.52 Å². The summed E-state index contributed by atoms with van der Waals surface area (Å²) in [6.07, 6.45) is 4.41. The fourth-order valence-corrected chi connectivity index (χ4v) is 3.45. The van der Waals surface area contributed by atoms with Crippen molar-refractivity contribution < 1.29 is 9.32 Å². The number of likely N-dealkylation sites (tertiary alicyclic amines) is 1. The Morgan fingerprint density at radius 1 is 1.08 bits per heavy atom. The van der Waals surface area contributed by atoms with Gasteiger partial charge in [-0.15, -0.1) is 0 Å². The molecule has 7 nitrogen and oxygen atoms in total. The van der Waals surface area contributed by atoms with Gasteiger partial charge in [-0.2, -0.15) is 4.98 Å². The molecule has 0 aromatic carbocycles. The second-order valence-corrected chi connectivity index (χ2v) is 7.68. The van der Waals surface area contributed by atoms with Crippen LogP contribution in [0.5, 0.6) is 0 Å². The Labute approximate surface area is 150 Å². The summed E-state index contributed by atoms with van der Waals surface area (Å²) in [6.45, 7) is 11.1. The second-order valence-electron chi connectivity index (χ2n) is 7.68. The smallest absolute Gasteiger partial charge is 0.240 e. The van der Waals surface area contributed by atoms with Gasteiger partial charge in [0.25, 0.3) is 0 Å². The molecule has 1 aromatic heterocycles. The van der Waals surface area contributed by atoms with E-state index in [9.17, 15) is 4.79 Å². The summed E-state index contributed by atoms with van der Waals surface area (Å²) in [7, 11) is 0. The van der Waals surface area contributed by atoms with E-state index in [1.54, 1.807) is 0 Å². The number of piperazine rings is 1.